The van der Waals surface area contributed by atoms with E-state index in [2.05, 4.69) is 34.6 Å². The molecule has 0 spiro atoms. The van der Waals surface area contributed by atoms with Crippen molar-refractivity contribution in [3.8, 4) is 0 Å². The van der Waals surface area contributed by atoms with Gasteiger partial charge < -0.3 is 52.5 Å². The van der Waals surface area contributed by atoms with Gasteiger partial charge in [0.25, 0.3) is 0 Å². The first-order chi connectivity index (χ1) is 32.9. The van der Waals surface area contributed by atoms with Gasteiger partial charge in [0.05, 0.1) is 12.7 Å². The zero-order chi connectivity index (χ0) is 49.4. The number of hydrogen-bond donors (Lipinski definition) is 1. The Morgan fingerprint density at radius 2 is 1.38 bits per heavy atom. The smallest absolute Gasteiger partial charge is 0.303 e. The van der Waals surface area contributed by atoms with Gasteiger partial charge in [-0.25, -0.2) is 0 Å². The predicted octanol–water partition coefficient (Wildman–Crippen LogP) is 8.16. The van der Waals surface area contributed by atoms with E-state index in [1.54, 1.807) is 0 Å². The van der Waals surface area contributed by atoms with E-state index in [9.17, 15) is 24.3 Å². The standard InChI is InChI=1S/C54H80O15/c1-29(2)14-13-15-30(3)39-20-21-40-38-19-18-36-26-37(22-24-53(36,8)41(38)23-25-54(39,40)9)65-51-47(44(59)45-42(66-51)28-61-50(68-45)35-16-11-10-12-17-35)69-52-49(64-34(7)58)48(63-33(6)57)46(62-32(5)56)43(67-52)27-60-31(4)55/h10-12,16-17,29-30,36-52,59H,13-15,18-28H2,1-9H3/t30-,36+,37+,38+,39-,40+,41+,42-,43-,44+,45-,46+,47-,48+,49-,50-,51-,52+,53+,54-/m1/s1. The number of hydrogen-bond acceptors (Lipinski definition) is 15. The molecule has 3 saturated heterocycles. The van der Waals surface area contributed by atoms with Crippen LogP contribution in [-0.4, -0.2) is 110 Å². The van der Waals surface area contributed by atoms with Crippen LogP contribution in [0.25, 0.3) is 0 Å². The maximum atomic E-state index is 12.8. The van der Waals surface area contributed by atoms with Crippen LogP contribution in [0.5, 0.6) is 0 Å². The summed E-state index contributed by atoms with van der Waals surface area (Å²) in [5.74, 6) is 2.03. The zero-order valence-corrected chi connectivity index (χ0v) is 42.4. The largest absolute Gasteiger partial charge is 0.463 e. The number of rotatable bonds is 15. The maximum Gasteiger partial charge on any atom is 0.303 e. The monoisotopic (exact) mass is 969 g/mol. The van der Waals surface area contributed by atoms with E-state index in [4.69, 9.17) is 47.4 Å². The molecule has 4 aliphatic carbocycles. The van der Waals surface area contributed by atoms with Gasteiger partial charge in [-0.3, -0.25) is 19.2 Å². The Kier molecular flexibility index (Phi) is 16.5. The molecule has 3 heterocycles. The molecule has 20 atom stereocenters. The normalized spacial score (nSPS) is 42.2. The van der Waals surface area contributed by atoms with Gasteiger partial charge in [0.2, 0.25) is 0 Å². The van der Waals surface area contributed by atoms with Crippen molar-refractivity contribution < 1.29 is 71.7 Å². The molecule has 386 valence electrons. The Balaban J connectivity index is 1.03. The fraction of sp³-hybridized carbons (Fsp3) is 0.815. The topological polar surface area (TPSA) is 181 Å². The van der Waals surface area contributed by atoms with Crippen LogP contribution in [0.15, 0.2) is 30.3 Å². The van der Waals surface area contributed by atoms with E-state index in [1.165, 1.54) is 65.2 Å². The predicted molar refractivity (Wildman–Crippen MR) is 249 cm³/mol. The van der Waals surface area contributed by atoms with Gasteiger partial charge in [0, 0.05) is 33.3 Å². The van der Waals surface area contributed by atoms with Gasteiger partial charge in [-0.15, -0.1) is 0 Å². The van der Waals surface area contributed by atoms with Crippen molar-refractivity contribution in [3.05, 3.63) is 35.9 Å². The molecule has 7 fully saturated rings. The lowest BCUT2D eigenvalue weighted by Gasteiger charge is -2.61. The number of aliphatic hydroxyl groups excluding tert-OH is 1. The molecule has 0 bridgehead atoms. The minimum absolute atomic E-state index is 0.0962. The molecule has 15 heteroatoms. The molecule has 0 aromatic heterocycles. The number of ether oxygens (including phenoxy) is 10. The van der Waals surface area contributed by atoms with Crippen molar-refractivity contribution in [2.75, 3.05) is 13.2 Å². The fourth-order valence-corrected chi connectivity index (χ4v) is 14.6. The second kappa shape index (κ2) is 21.9. The van der Waals surface area contributed by atoms with Crippen LogP contribution in [0.4, 0.5) is 0 Å². The van der Waals surface area contributed by atoms with Crippen molar-refractivity contribution in [3.63, 3.8) is 0 Å². The Morgan fingerprint density at radius 1 is 0.710 bits per heavy atom. The van der Waals surface area contributed by atoms with Crippen LogP contribution in [-0.2, 0) is 66.5 Å². The summed E-state index contributed by atoms with van der Waals surface area (Å²) in [4.78, 5) is 49.9. The van der Waals surface area contributed by atoms with Crippen LogP contribution in [0, 0.1) is 52.3 Å². The average molecular weight is 969 g/mol. The molecule has 0 amide bonds. The molecule has 0 radical (unpaired) electrons. The van der Waals surface area contributed by atoms with Crippen LogP contribution in [0.3, 0.4) is 0 Å². The molecule has 1 aromatic rings. The molecule has 7 aliphatic rings. The number of carbonyl (C=O) groups excluding carboxylic acids is 4. The molecule has 15 nitrogen and oxygen atoms in total. The summed E-state index contributed by atoms with van der Waals surface area (Å²) >= 11 is 0. The second-order valence-corrected chi connectivity index (χ2v) is 22.6. The minimum atomic E-state index is -1.58. The second-order valence-electron chi connectivity index (χ2n) is 22.6. The van der Waals surface area contributed by atoms with E-state index in [-0.39, 0.29) is 18.1 Å². The SMILES string of the molecule is CC(=O)OC[C@H]1O[C@@H](O[C@H]2[C@H](O[C@H]3CC[C@@]4(C)[C@@H](CC[C@@H]5[C@@H]4CC[C@]4(C)[C@@H]([C@H](C)CCCC(C)C)CC[C@@H]54)C3)O[C@@H]3CO[C@@H](c4ccccc4)O[C@H]3[C@@H]2O)[C@H](OC(C)=O)[C@@H](OC(C)=O)[C@H]1OC(C)=O. The molecular weight excluding hydrogens is 889 g/mol. The Morgan fingerprint density at radius 3 is 2.07 bits per heavy atom. The van der Waals surface area contributed by atoms with E-state index in [0.717, 1.165) is 74.7 Å². The summed E-state index contributed by atoms with van der Waals surface area (Å²) in [6.07, 6.45) is 0.472. The molecule has 8 rings (SSSR count). The van der Waals surface area contributed by atoms with Crippen molar-refractivity contribution in [2.24, 2.45) is 52.3 Å². The summed E-state index contributed by atoms with van der Waals surface area (Å²) in [5, 5.41) is 12.5. The van der Waals surface area contributed by atoms with E-state index < -0.39 is 98.2 Å². The van der Waals surface area contributed by atoms with E-state index in [0.29, 0.717) is 17.3 Å². The summed E-state index contributed by atoms with van der Waals surface area (Å²) in [6, 6.07) is 9.37. The number of fused-ring (bicyclic) bond motifs is 6. The lowest BCUT2D eigenvalue weighted by atomic mass is 9.44. The van der Waals surface area contributed by atoms with Crippen LogP contribution in [0.2, 0.25) is 0 Å². The van der Waals surface area contributed by atoms with Gasteiger partial charge in [0.15, 0.2) is 37.2 Å². The van der Waals surface area contributed by atoms with Crippen LogP contribution < -0.4 is 0 Å². The van der Waals surface area contributed by atoms with Crippen molar-refractivity contribution in [2.45, 2.75) is 213 Å². The minimum Gasteiger partial charge on any atom is -0.463 e. The highest BCUT2D eigenvalue weighted by molar-refractivity contribution is 5.68. The highest BCUT2D eigenvalue weighted by Gasteiger charge is 2.62. The van der Waals surface area contributed by atoms with Crippen LogP contribution >= 0.6 is 0 Å². The van der Waals surface area contributed by atoms with Gasteiger partial charge in [-0.1, -0.05) is 84.2 Å². The lowest BCUT2D eigenvalue weighted by Crippen LogP contribution is -2.67. The Labute approximate surface area is 408 Å². The quantitative estimate of drug-likeness (QED) is 0.101. The number of benzene rings is 1. The molecular formula is C54H80O15. The third-order valence-electron chi connectivity index (χ3n) is 17.8. The van der Waals surface area contributed by atoms with E-state index in [1.807, 2.05) is 30.3 Å². The molecule has 1 aromatic carbocycles. The molecule has 4 saturated carbocycles. The number of esters is 4. The van der Waals surface area contributed by atoms with Gasteiger partial charge in [-0.05, 0) is 110 Å². The zero-order valence-electron chi connectivity index (χ0n) is 42.4. The van der Waals surface area contributed by atoms with Gasteiger partial charge in [-0.2, -0.15) is 0 Å². The third kappa shape index (κ3) is 11.2. The highest BCUT2D eigenvalue weighted by atomic mass is 16.8. The lowest BCUT2D eigenvalue weighted by molar-refractivity contribution is -0.398. The Bertz CT molecular complexity index is 1930. The summed E-state index contributed by atoms with van der Waals surface area (Å²) < 4.78 is 61.8. The summed E-state index contributed by atoms with van der Waals surface area (Å²) in [6.45, 7) is 16.8. The Hall–Kier alpha value is -3.18. The first-order valence-electron chi connectivity index (χ1n) is 26.1. The highest BCUT2D eigenvalue weighted by Crippen LogP contribution is 2.68. The molecule has 0 unspecified atom stereocenters. The first kappa shape index (κ1) is 52.2. The first-order valence-corrected chi connectivity index (χ1v) is 26.1. The molecule has 3 aliphatic heterocycles. The molecule has 69 heavy (non-hydrogen) atoms. The number of aliphatic hydroxyl groups is 1. The van der Waals surface area contributed by atoms with Crippen molar-refractivity contribution in [1.29, 1.82) is 0 Å². The number of carbonyl (C=O) groups is 4. The average Bonchev–Trinajstić information content (AvgIpc) is 3.66. The van der Waals surface area contributed by atoms with Crippen molar-refractivity contribution >= 4 is 23.9 Å². The third-order valence-corrected chi connectivity index (χ3v) is 17.8. The molecule has 1 N–H and O–H groups in total. The van der Waals surface area contributed by atoms with Gasteiger partial charge >= 0.3 is 23.9 Å². The summed E-state index contributed by atoms with van der Waals surface area (Å²) in [5.41, 5.74) is 1.35. The van der Waals surface area contributed by atoms with Gasteiger partial charge in [0.1, 0.15) is 37.1 Å². The maximum absolute atomic E-state index is 12.8. The summed E-state index contributed by atoms with van der Waals surface area (Å²) in [7, 11) is 0. The van der Waals surface area contributed by atoms with Crippen LogP contribution in [0.1, 0.15) is 151 Å². The van der Waals surface area contributed by atoms with E-state index >= 15 is 0 Å². The fourth-order valence-electron chi connectivity index (χ4n) is 14.6. The van der Waals surface area contributed by atoms with Crippen molar-refractivity contribution in [1.82, 2.24) is 0 Å².